The van der Waals surface area contributed by atoms with Crippen LogP contribution in [-0.4, -0.2) is 177 Å². The van der Waals surface area contributed by atoms with Crippen molar-refractivity contribution in [2.75, 3.05) is 67.3 Å². The molecule has 78 heavy (non-hydrogen) atoms. The number of aliphatic imine (C=N–C) groups is 1. The van der Waals surface area contributed by atoms with E-state index in [2.05, 4.69) is 15.1 Å². The highest BCUT2D eigenvalue weighted by atomic mass is 32.2. The number of benzene rings is 2. The Morgan fingerprint density at radius 3 is 2.32 bits per heavy atom. The Morgan fingerprint density at radius 1 is 1.05 bits per heavy atom. The molecule has 3 aromatic rings. The lowest BCUT2D eigenvalue weighted by Gasteiger charge is -2.23. The van der Waals surface area contributed by atoms with E-state index in [0.717, 1.165) is 37.2 Å². The average molecular weight is 1140 g/mol. The van der Waals surface area contributed by atoms with Gasteiger partial charge in [0.15, 0.2) is 16.7 Å². The first kappa shape index (κ1) is 61.4. The fourth-order valence-corrected chi connectivity index (χ4v) is 9.34. The molecular weight excluding hydrogens is 1080 g/mol. The molecule has 0 aliphatic carbocycles. The summed E-state index contributed by atoms with van der Waals surface area (Å²) in [5.41, 5.74) is 2.15. The van der Waals surface area contributed by atoms with Crippen LogP contribution >= 0.6 is 0 Å². The summed E-state index contributed by atoms with van der Waals surface area (Å²) in [6.07, 6.45) is -0.289. The first-order valence-corrected chi connectivity index (χ1v) is 26.7. The molecule has 0 radical (unpaired) electrons. The van der Waals surface area contributed by atoms with Gasteiger partial charge in [-0.15, -0.1) is 0 Å². The molecule has 3 N–H and O–H groups in total. The van der Waals surface area contributed by atoms with Gasteiger partial charge >= 0.3 is 25.5 Å². The lowest BCUT2D eigenvalue weighted by molar-refractivity contribution is -0.870. The summed E-state index contributed by atoms with van der Waals surface area (Å²) < 4.78 is 117. The maximum absolute atomic E-state index is 14.9. The number of halogens is 2. The second kappa shape index (κ2) is 25.8. The van der Waals surface area contributed by atoms with Gasteiger partial charge < -0.3 is 33.2 Å². The number of esters is 2. The Labute approximate surface area is 446 Å². The SMILES string of the molecule is COc1cc(C(C)OC(=O)ON2C(=O)CC(S(=O)(=O)O)C2=O)c([N+](=O)[O-])cc1OC(=O)CN(C)CCOC(=O)C(CS(=O)(=O)O)NC(=O)CCC1=N/C(=C\c2c(CCC[N+](C)(C)C)cc(-c3ccccc3)n2B(F)F)C(C)=C1. The number of nitro benzene ring substituents is 1. The van der Waals surface area contributed by atoms with Crippen LogP contribution in [0.1, 0.15) is 62.5 Å². The molecule has 3 amide bonds. The van der Waals surface area contributed by atoms with Gasteiger partial charge in [0, 0.05) is 36.5 Å². The number of hydrogen-bond donors (Lipinski definition) is 3. The molecule has 0 bridgehead atoms. The van der Waals surface area contributed by atoms with E-state index in [4.69, 9.17) is 18.9 Å². The number of amides is 3. The molecule has 1 aromatic heterocycles. The Balaban J connectivity index is 1.17. The van der Waals surface area contributed by atoms with E-state index in [9.17, 15) is 73.5 Å². The fraction of sp³-hybridized carbons (Fsp3) is 0.426. The van der Waals surface area contributed by atoms with Gasteiger partial charge in [-0.2, -0.15) is 16.8 Å². The third-order valence-electron chi connectivity index (χ3n) is 11.8. The number of rotatable bonds is 26. The van der Waals surface area contributed by atoms with Gasteiger partial charge in [0.2, 0.25) is 5.91 Å². The van der Waals surface area contributed by atoms with E-state index in [-0.39, 0.29) is 41.5 Å². The minimum atomic E-state index is -5.04. The number of methoxy groups -OCH3 is 1. The quantitative estimate of drug-likeness (QED) is 0.0151. The van der Waals surface area contributed by atoms with Gasteiger partial charge in [0.05, 0.1) is 70.0 Å². The first-order chi connectivity index (χ1) is 36.3. The smallest absolute Gasteiger partial charge is 0.493 e. The first-order valence-electron chi connectivity index (χ1n) is 23.6. The number of carbonyl (C=O) groups excluding carboxylic acids is 6. The minimum absolute atomic E-state index is 0.0247. The number of hydrogen-bond acceptors (Lipinski definition) is 19. The monoisotopic (exact) mass is 1140 g/mol. The van der Waals surface area contributed by atoms with E-state index in [1.54, 1.807) is 55.5 Å². The molecule has 0 saturated carbocycles. The predicted molar refractivity (Wildman–Crippen MR) is 273 cm³/mol. The normalized spacial score (nSPS) is 16.1. The van der Waals surface area contributed by atoms with Gasteiger partial charge in [-0.1, -0.05) is 35.4 Å². The van der Waals surface area contributed by atoms with Gasteiger partial charge in [-0.25, -0.2) is 9.59 Å². The van der Waals surface area contributed by atoms with Crippen LogP contribution in [0, 0.1) is 10.1 Å². The minimum Gasteiger partial charge on any atom is -0.493 e. The van der Waals surface area contributed by atoms with E-state index < -0.39 is 123 Å². The largest absolute Gasteiger partial charge is 0.678 e. The number of aryl methyl sites for hydroxylation is 1. The Hall–Kier alpha value is -7.45. The highest BCUT2D eigenvalue weighted by Gasteiger charge is 2.49. The molecule has 3 unspecified atom stereocenters. The number of nitrogens with zero attached hydrogens (tertiary/aromatic N) is 6. The lowest BCUT2D eigenvalue weighted by atomic mass is 10.1. The van der Waals surface area contributed by atoms with Crippen molar-refractivity contribution in [1.29, 1.82) is 0 Å². The van der Waals surface area contributed by atoms with E-state index in [0.29, 0.717) is 51.1 Å². The molecule has 3 heterocycles. The molecule has 1 saturated heterocycles. The molecule has 31 heteroatoms. The lowest BCUT2D eigenvalue weighted by Crippen LogP contribution is -2.46. The van der Waals surface area contributed by atoms with Crippen molar-refractivity contribution in [3.8, 4) is 22.8 Å². The molecule has 2 aromatic carbocycles. The second-order valence-corrected chi connectivity index (χ2v) is 22.0. The summed E-state index contributed by atoms with van der Waals surface area (Å²) in [6, 6.07) is 10.4. The molecule has 0 spiro atoms. The number of hydroxylamine groups is 2. The zero-order valence-electron chi connectivity index (χ0n) is 43.2. The van der Waals surface area contributed by atoms with Crippen LogP contribution in [0.5, 0.6) is 11.5 Å². The van der Waals surface area contributed by atoms with Crippen LogP contribution in [0.25, 0.3) is 17.3 Å². The van der Waals surface area contributed by atoms with E-state index in [1.165, 1.54) is 11.9 Å². The van der Waals surface area contributed by atoms with Crippen LogP contribution in [0.3, 0.4) is 0 Å². The Kier molecular flexibility index (Phi) is 20.3. The van der Waals surface area contributed by atoms with Gasteiger partial charge in [-0.05, 0) is 74.7 Å². The summed E-state index contributed by atoms with van der Waals surface area (Å²) in [5.74, 6) is -8.09. The number of allylic oxidation sites excluding steroid dienone is 2. The molecule has 422 valence electrons. The van der Waals surface area contributed by atoms with Crippen LogP contribution in [0.2, 0.25) is 0 Å². The van der Waals surface area contributed by atoms with E-state index >= 15 is 0 Å². The summed E-state index contributed by atoms with van der Waals surface area (Å²) in [7, 11) is -4.23. The Bertz CT molecular complexity index is 3150. The standard InChI is InChI=1S/C47H56BF2N7O19S2/c1-28-20-32(51-34(28)23-37-31(14-11-18-57(4,5)6)21-36(54(37)48(49)50)30-12-9-8-10-13-30)15-16-42(58)52-35(27-77(66,67)68)46(62)73-19-17-53(3)26-44(60)75-40-24-38(56(64)65)33(22-39(40)72-7)29(2)74-47(63)76-55-43(59)25-41(45(55)61)78(69,70)71/h8-10,12-13,20-24,29,35,41H,11,14-19,25-27H2,1-7H3,(H2-,52,58,66,67,68,69,70,71)/p+1/b34-23-. The molecule has 5 rings (SSSR count). The van der Waals surface area contributed by atoms with Crippen molar-refractivity contribution in [2.45, 2.75) is 63.3 Å². The number of imide groups is 1. The number of aromatic nitrogens is 1. The van der Waals surface area contributed by atoms with Gasteiger partial charge in [0.1, 0.15) is 24.5 Å². The third-order valence-corrected chi connectivity index (χ3v) is 13.6. The number of quaternary nitrogens is 1. The molecule has 2 aliphatic heterocycles. The topological polar surface area (TPSA) is 336 Å². The maximum Gasteiger partial charge on any atom is 0.678 e. The molecule has 26 nitrogen and oxygen atoms in total. The second-order valence-electron chi connectivity index (χ2n) is 18.9. The summed E-state index contributed by atoms with van der Waals surface area (Å²) >= 11 is 0. The number of nitrogens with one attached hydrogen (secondary N) is 1. The molecule has 2 aliphatic rings. The number of nitro groups is 1. The third kappa shape index (κ3) is 17.0. The molecule has 3 atom stereocenters. The maximum atomic E-state index is 14.9. The van der Waals surface area contributed by atoms with E-state index in [1.807, 2.05) is 21.1 Å². The van der Waals surface area contributed by atoms with Crippen LogP contribution < -0.4 is 14.8 Å². The highest BCUT2D eigenvalue weighted by molar-refractivity contribution is 7.87. The predicted octanol–water partition coefficient (Wildman–Crippen LogP) is 3.60. The molecular formula is C47H57BF2N7O19S2+. The van der Waals surface area contributed by atoms with Crippen molar-refractivity contribution in [1.82, 2.24) is 19.8 Å². The van der Waals surface area contributed by atoms with Gasteiger partial charge in [-0.3, -0.25) is 61.8 Å². The van der Waals surface area contributed by atoms with Gasteiger partial charge in [0.25, 0.3) is 37.7 Å². The zero-order chi connectivity index (χ0) is 58.0. The van der Waals surface area contributed by atoms with Crippen LogP contribution in [0.15, 0.2) is 70.9 Å². The number of carbonyl (C=O) groups is 6. The summed E-state index contributed by atoms with van der Waals surface area (Å²) in [5, 5.41) is 11.8. The van der Waals surface area contributed by atoms with Crippen molar-refractivity contribution < 1.29 is 96.5 Å². The highest BCUT2D eigenvalue weighted by Crippen LogP contribution is 2.39. The number of ether oxygens (including phenoxy) is 4. The molecule has 1 fully saturated rings. The number of likely N-dealkylation sites (N-methyl/N-ethyl adjacent to an activating group) is 1. The summed E-state index contributed by atoms with van der Waals surface area (Å²) in [6.45, 7) is 2.36. The Morgan fingerprint density at radius 2 is 1.73 bits per heavy atom. The van der Waals surface area contributed by atoms with Crippen molar-refractivity contribution >= 4 is 80.9 Å². The summed E-state index contributed by atoms with van der Waals surface area (Å²) in [4.78, 5) is 97.5. The van der Waals surface area contributed by atoms with Crippen LogP contribution in [-0.2, 0) is 64.9 Å². The van der Waals surface area contributed by atoms with Crippen molar-refractivity contribution in [3.05, 3.63) is 92.8 Å². The fourth-order valence-electron chi connectivity index (χ4n) is 7.99. The van der Waals surface area contributed by atoms with Crippen molar-refractivity contribution in [2.24, 2.45) is 4.99 Å². The zero-order valence-corrected chi connectivity index (χ0v) is 44.9. The van der Waals surface area contributed by atoms with Crippen LogP contribution in [0.4, 0.5) is 19.1 Å². The average Bonchev–Trinajstić information content (AvgIpc) is 4.00. The van der Waals surface area contributed by atoms with Crippen molar-refractivity contribution in [3.63, 3.8) is 0 Å².